The van der Waals surface area contributed by atoms with Gasteiger partial charge in [0.05, 0.1) is 23.6 Å². The highest BCUT2D eigenvalue weighted by atomic mass is 16.3. The van der Waals surface area contributed by atoms with E-state index in [1.54, 1.807) is 19.1 Å². The SMILES string of the molecule is C[C@@H](O)Cn1ccc2[nH]c(=O)c(C#N)cc2c1=O. The Bertz CT molecular complexity index is 750. The van der Waals surface area contributed by atoms with Crippen molar-refractivity contribution < 1.29 is 5.11 Å². The van der Waals surface area contributed by atoms with Crippen molar-refractivity contribution in [3.05, 3.63) is 44.6 Å². The third-order valence-electron chi connectivity index (χ3n) is 2.57. The van der Waals surface area contributed by atoms with E-state index in [1.807, 2.05) is 0 Å². The van der Waals surface area contributed by atoms with Gasteiger partial charge in [0.15, 0.2) is 0 Å². The Morgan fingerprint density at radius 1 is 1.56 bits per heavy atom. The number of nitrogens with zero attached hydrogens (tertiary/aromatic N) is 2. The Kier molecular flexibility index (Phi) is 3.00. The van der Waals surface area contributed by atoms with Crippen LogP contribution in [0.2, 0.25) is 0 Å². The van der Waals surface area contributed by atoms with Crippen LogP contribution in [0, 0.1) is 11.3 Å². The molecular formula is C12H11N3O3. The minimum absolute atomic E-state index is 0.102. The molecule has 6 nitrogen and oxygen atoms in total. The van der Waals surface area contributed by atoms with Gasteiger partial charge in [0, 0.05) is 6.20 Å². The molecule has 0 aliphatic rings. The number of aliphatic hydroxyl groups excluding tert-OH is 1. The normalized spacial score (nSPS) is 12.3. The van der Waals surface area contributed by atoms with Gasteiger partial charge in [0.25, 0.3) is 11.1 Å². The molecule has 0 aromatic carbocycles. The smallest absolute Gasteiger partial charge is 0.266 e. The third-order valence-corrected chi connectivity index (χ3v) is 2.57. The molecule has 0 bridgehead atoms. The number of fused-ring (bicyclic) bond motifs is 1. The standard InChI is InChI=1S/C12H11N3O3/c1-7(16)6-15-3-2-10-9(12(15)18)4-8(5-13)11(17)14-10/h2-4,7,16H,6H2,1H3,(H,14,17)/t7-/m1/s1. The first-order valence-corrected chi connectivity index (χ1v) is 5.37. The van der Waals surface area contributed by atoms with Gasteiger partial charge in [0.1, 0.15) is 11.6 Å². The van der Waals surface area contributed by atoms with Crippen molar-refractivity contribution in [2.24, 2.45) is 0 Å². The lowest BCUT2D eigenvalue weighted by atomic mass is 10.2. The highest BCUT2D eigenvalue weighted by Gasteiger charge is 2.08. The van der Waals surface area contributed by atoms with Gasteiger partial charge in [0.2, 0.25) is 0 Å². The summed E-state index contributed by atoms with van der Waals surface area (Å²) in [7, 11) is 0. The van der Waals surface area contributed by atoms with Crippen molar-refractivity contribution in [2.45, 2.75) is 19.6 Å². The molecule has 2 N–H and O–H groups in total. The van der Waals surface area contributed by atoms with E-state index < -0.39 is 11.7 Å². The predicted octanol–water partition coefficient (Wildman–Crippen LogP) is -0.0577. The van der Waals surface area contributed by atoms with E-state index in [4.69, 9.17) is 5.26 Å². The molecule has 0 aliphatic heterocycles. The average Bonchev–Trinajstić information content (AvgIpc) is 2.32. The number of aromatic amines is 1. The first kappa shape index (κ1) is 12.1. The van der Waals surface area contributed by atoms with Crippen LogP contribution in [-0.4, -0.2) is 20.8 Å². The van der Waals surface area contributed by atoms with Gasteiger partial charge in [-0.25, -0.2) is 0 Å². The Morgan fingerprint density at radius 3 is 2.89 bits per heavy atom. The van der Waals surface area contributed by atoms with Crippen LogP contribution >= 0.6 is 0 Å². The zero-order valence-corrected chi connectivity index (χ0v) is 9.67. The number of nitriles is 1. The number of hydrogen-bond donors (Lipinski definition) is 2. The first-order chi connectivity index (χ1) is 8.52. The maximum absolute atomic E-state index is 12.1. The van der Waals surface area contributed by atoms with Gasteiger partial charge in [-0.2, -0.15) is 5.26 Å². The van der Waals surface area contributed by atoms with Gasteiger partial charge < -0.3 is 14.7 Å². The van der Waals surface area contributed by atoms with E-state index in [2.05, 4.69) is 4.98 Å². The quantitative estimate of drug-likeness (QED) is 0.774. The summed E-state index contributed by atoms with van der Waals surface area (Å²) in [5, 5.41) is 18.3. The fraction of sp³-hybridized carbons (Fsp3) is 0.250. The van der Waals surface area contributed by atoms with Gasteiger partial charge in [-0.15, -0.1) is 0 Å². The van der Waals surface area contributed by atoms with Crippen molar-refractivity contribution in [1.29, 1.82) is 5.26 Å². The topological polar surface area (TPSA) is 98.9 Å². The van der Waals surface area contributed by atoms with Crippen LogP contribution in [0.4, 0.5) is 0 Å². The second-order valence-corrected chi connectivity index (χ2v) is 4.07. The highest BCUT2D eigenvalue weighted by molar-refractivity contribution is 5.78. The summed E-state index contributed by atoms with van der Waals surface area (Å²) in [6.45, 7) is 1.74. The third kappa shape index (κ3) is 2.04. The minimum atomic E-state index is -0.654. The predicted molar refractivity (Wildman–Crippen MR) is 65.2 cm³/mol. The van der Waals surface area contributed by atoms with Gasteiger partial charge >= 0.3 is 0 Å². The van der Waals surface area contributed by atoms with Crippen molar-refractivity contribution in [3.8, 4) is 6.07 Å². The zero-order chi connectivity index (χ0) is 13.3. The summed E-state index contributed by atoms with van der Waals surface area (Å²) in [5.74, 6) is 0. The van der Waals surface area contributed by atoms with E-state index in [0.29, 0.717) is 5.52 Å². The maximum Gasteiger partial charge on any atom is 0.266 e. The molecule has 0 spiro atoms. The molecule has 18 heavy (non-hydrogen) atoms. The fourth-order valence-electron chi connectivity index (χ4n) is 1.75. The Hall–Kier alpha value is -2.39. The van der Waals surface area contributed by atoms with Crippen LogP contribution in [0.15, 0.2) is 27.9 Å². The molecule has 0 unspecified atom stereocenters. The Balaban J connectivity index is 2.75. The highest BCUT2D eigenvalue weighted by Crippen LogP contribution is 2.05. The van der Waals surface area contributed by atoms with E-state index in [9.17, 15) is 14.7 Å². The molecule has 2 rings (SSSR count). The number of H-pyrrole nitrogens is 1. The number of rotatable bonds is 2. The molecule has 2 aromatic heterocycles. The first-order valence-electron chi connectivity index (χ1n) is 5.37. The van der Waals surface area contributed by atoms with Crippen LogP contribution in [0.1, 0.15) is 12.5 Å². The molecule has 6 heteroatoms. The molecule has 0 radical (unpaired) electrons. The monoisotopic (exact) mass is 245 g/mol. The largest absolute Gasteiger partial charge is 0.392 e. The van der Waals surface area contributed by atoms with Gasteiger partial charge in [-0.3, -0.25) is 9.59 Å². The molecular weight excluding hydrogens is 234 g/mol. The van der Waals surface area contributed by atoms with E-state index in [-0.39, 0.29) is 23.1 Å². The maximum atomic E-state index is 12.1. The summed E-state index contributed by atoms with van der Waals surface area (Å²) < 4.78 is 1.34. The van der Waals surface area contributed by atoms with Crippen LogP contribution in [0.3, 0.4) is 0 Å². The van der Waals surface area contributed by atoms with Gasteiger partial charge in [-0.05, 0) is 19.1 Å². The van der Waals surface area contributed by atoms with Crippen molar-refractivity contribution in [2.75, 3.05) is 0 Å². The van der Waals surface area contributed by atoms with Crippen molar-refractivity contribution in [1.82, 2.24) is 9.55 Å². The molecule has 0 amide bonds. The molecule has 0 saturated heterocycles. The second-order valence-electron chi connectivity index (χ2n) is 4.07. The summed E-state index contributed by atoms with van der Waals surface area (Å²) in [6, 6.07) is 4.58. The lowest BCUT2D eigenvalue weighted by Crippen LogP contribution is -2.26. The summed E-state index contributed by atoms with van der Waals surface area (Å²) >= 11 is 0. The van der Waals surface area contributed by atoms with E-state index in [1.165, 1.54) is 16.8 Å². The lowest BCUT2D eigenvalue weighted by Gasteiger charge is -2.08. The molecule has 2 heterocycles. The van der Waals surface area contributed by atoms with Crippen LogP contribution < -0.4 is 11.1 Å². The van der Waals surface area contributed by atoms with Crippen LogP contribution in [-0.2, 0) is 6.54 Å². The van der Waals surface area contributed by atoms with Crippen molar-refractivity contribution >= 4 is 10.9 Å². The number of pyridine rings is 2. The second kappa shape index (κ2) is 4.47. The van der Waals surface area contributed by atoms with E-state index >= 15 is 0 Å². The molecule has 1 atom stereocenters. The fourth-order valence-corrected chi connectivity index (χ4v) is 1.75. The summed E-state index contributed by atoms with van der Waals surface area (Å²) in [5.41, 5.74) is -0.584. The lowest BCUT2D eigenvalue weighted by molar-refractivity contribution is 0.172. The Labute approximate surface area is 102 Å². The average molecular weight is 245 g/mol. The van der Waals surface area contributed by atoms with Gasteiger partial charge in [-0.1, -0.05) is 0 Å². The number of aromatic nitrogens is 2. The molecule has 0 aliphatic carbocycles. The summed E-state index contributed by atoms with van der Waals surface area (Å²) in [4.78, 5) is 26.0. The minimum Gasteiger partial charge on any atom is -0.392 e. The molecule has 0 fully saturated rings. The van der Waals surface area contributed by atoms with Crippen molar-refractivity contribution in [3.63, 3.8) is 0 Å². The number of hydrogen-bond acceptors (Lipinski definition) is 4. The molecule has 2 aromatic rings. The Morgan fingerprint density at radius 2 is 2.28 bits per heavy atom. The number of aliphatic hydroxyl groups is 1. The van der Waals surface area contributed by atoms with Crippen LogP contribution in [0.5, 0.6) is 0 Å². The molecule has 92 valence electrons. The van der Waals surface area contributed by atoms with E-state index in [0.717, 1.165) is 0 Å². The summed E-state index contributed by atoms with van der Waals surface area (Å²) in [6.07, 6.45) is 0.845. The zero-order valence-electron chi connectivity index (χ0n) is 9.67. The van der Waals surface area contributed by atoms with Crippen LogP contribution in [0.25, 0.3) is 10.9 Å². The number of nitrogens with one attached hydrogen (secondary N) is 1. The molecule has 0 saturated carbocycles.